The summed E-state index contributed by atoms with van der Waals surface area (Å²) in [4.78, 5) is 31.8. The number of rotatable bonds is 3. The summed E-state index contributed by atoms with van der Waals surface area (Å²) >= 11 is 0. The van der Waals surface area contributed by atoms with E-state index in [4.69, 9.17) is 0 Å². The number of carboxylic acids is 1. The maximum atomic E-state index is 12.2. The highest BCUT2D eigenvalue weighted by Gasteiger charge is 2.32. The van der Waals surface area contributed by atoms with Crippen LogP contribution in [0.1, 0.15) is 31.1 Å². The van der Waals surface area contributed by atoms with Gasteiger partial charge in [0.1, 0.15) is 6.04 Å². The van der Waals surface area contributed by atoms with E-state index in [-0.39, 0.29) is 0 Å². The highest BCUT2D eigenvalue weighted by Crippen LogP contribution is 2.20. The second kappa shape index (κ2) is 5.47. The predicted molar refractivity (Wildman–Crippen MR) is 77.9 cm³/mol. The SMILES string of the molecule is CC(C)(C)[C@H](NC(=O)c1ccc2nccnc2c1)C(=O)O. The monoisotopic (exact) mass is 287 g/mol. The zero-order chi connectivity index (χ0) is 15.6. The molecule has 0 fully saturated rings. The quantitative estimate of drug-likeness (QED) is 0.899. The molecule has 0 spiro atoms. The third kappa shape index (κ3) is 3.34. The minimum atomic E-state index is -1.06. The molecule has 0 aliphatic carbocycles. The molecule has 1 aromatic carbocycles. The fourth-order valence-corrected chi connectivity index (χ4v) is 1.97. The number of fused-ring (bicyclic) bond motifs is 1. The number of benzene rings is 1. The molecule has 0 radical (unpaired) electrons. The summed E-state index contributed by atoms with van der Waals surface area (Å²) in [6.45, 7) is 5.29. The lowest BCUT2D eigenvalue weighted by Gasteiger charge is -2.27. The molecule has 0 saturated carbocycles. The first-order valence-corrected chi connectivity index (χ1v) is 6.53. The first-order valence-electron chi connectivity index (χ1n) is 6.53. The third-order valence-electron chi connectivity index (χ3n) is 3.12. The first kappa shape index (κ1) is 14.9. The Kier molecular flexibility index (Phi) is 3.88. The van der Waals surface area contributed by atoms with Gasteiger partial charge in [0.05, 0.1) is 11.0 Å². The van der Waals surface area contributed by atoms with E-state index in [2.05, 4.69) is 15.3 Å². The number of hydrogen-bond acceptors (Lipinski definition) is 4. The number of nitrogens with zero attached hydrogens (tertiary/aromatic N) is 2. The van der Waals surface area contributed by atoms with E-state index in [0.29, 0.717) is 16.6 Å². The second-order valence-corrected chi connectivity index (χ2v) is 5.87. The van der Waals surface area contributed by atoms with E-state index in [0.717, 1.165) is 0 Å². The van der Waals surface area contributed by atoms with Crippen molar-refractivity contribution in [2.24, 2.45) is 5.41 Å². The molecule has 110 valence electrons. The lowest BCUT2D eigenvalue weighted by atomic mass is 9.86. The van der Waals surface area contributed by atoms with E-state index < -0.39 is 23.3 Å². The van der Waals surface area contributed by atoms with Crippen LogP contribution in [0.4, 0.5) is 0 Å². The van der Waals surface area contributed by atoms with Gasteiger partial charge in [-0.25, -0.2) is 4.79 Å². The van der Waals surface area contributed by atoms with Crippen LogP contribution in [0.25, 0.3) is 11.0 Å². The maximum Gasteiger partial charge on any atom is 0.326 e. The Morgan fingerprint density at radius 3 is 2.33 bits per heavy atom. The standard InChI is InChI=1S/C15H17N3O3/c1-15(2,3)12(14(20)21)18-13(19)9-4-5-10-11(8-9)17-7-6-16-10/h4-8,12H,1-3H3,(H,18,19)(H,20,21)/t12-/m1/s1. The van der Waals surface area contributed by atoms with Crippen LogP contribution < -0.4 is 5.32 Å². The fraction of sp³-hybridized carbons (Fsp3) is 0.333. The zero-order valence-electron chi connectivity index (χ0n) is 12.1. The molecule has 0 aliphatic rings. The van der Waals surface area contributed by atoms with Gasteiger partial charge >= 0.3 is 5.97 Å². The summed E-state index contributed by atoms with van der Waals surface area (Å²) in [5.41, 5.74) is 1.05. The number of amides is 1. The van der Waals surface area contributed by atoms with Crippen LogP contribution in [0.3, 0.4) is 0 Å². The summed E-state index contributed by atoms with van der Waals surface area (Å²) in [7, 11) is 0. The lowest BCUT2D eigenvalue weighted by Crippen LogP contribution is -2.49. The molecule has 2 N–H and O–H groups in total. The van der Waals surface area contributed by atoms with Gasteiger partial charge in [-0.1, -0.05) is 20.8 Å². The Labute approximate surface area is 122 Å². The highest BCUT2D eigenvalue weighted by molar-refractivity contribution is 5.99. The summed E-state index contributed by atoms with van der Waals surface area (Å²) in [5.74, 6) is -1.50. The topological polar surface area (TPSA) is 92.2 Å². The van der Waals surface area contributed by atoms with Crippen LogP contribution in [0.15, 0.2) is 30.6 Å². The van der Waals surface area contributed by atoms with Gasteiger partial charge in [0.25, 0.3) is 5.91 Å². The van der Waals surface area contributed by atoms with Crippen molar-refractivity contribution < 1.29 is 14.7 Å². The summed E-state index contributed by atoms with van der Waals surface area (Å²) < 4.78 is 0. The van der Waals surface area contributed by atoms with Gasteiger partial charge in [-0.3, -0.25) is 14.8 Å². The average molecular weight is 287 g/mol. The minimum absolute atomic E-state index is 0.360. The van der Waals surface area contributed by atoms with Crippen LogP contribution in [0, 0.1) is 5.41 Å². The summed E-state index contributed by atoms with van der Waals surface area (Å²) in [6, 6.07) is 3.92. The molecule has 0 saturated heterocycles. The van der Waals surface area contributed by atoms with Gasteiger partial charge in [0.2, 0.25) is 0 Å². The molecule has 2 rings (SSSR count). The molecule has 1 atom stereocenters. The highest BCUT2D eigenvalue weighted by atomic mass is 16.4. The molecule has 0 unspecified atom stereocenters. The van der Waals surface area contributed by atoms with Gasteiger partial charge < -0.3 is 10.4 Å². The summed E-state index contributed by atoms with van der Waals surface area (Å²) in [6.07, 6.45) is 3.11. The average Bonchev–Trinajstić information content (AvgIpc) is 2.42. The third-order valence-corrected chi connectivity index (χ3v) is 3.12. The number of hydrogen-bond donors (Lipinski definition) is 2. The number of carboxylic acid groups (broad SMARTS) is 1. The van der Waals surface area contributed by atoms with Gasteiger partial charge in [-0.15, -0.1) is 0 Å². The van der Waals surface area contributed by atoms with Gasteiger partial charge in [0, 0.05) is 18.0 Å². The smallest absolute Gasteiger partial charge is 0.326 e. The fourth-order valence-electron chi connectivity index (χ4n) is 1.97. The minimum Gasteiger partial charge on any atom is -0.480 e. The second-order valence-electron chi connectivity index (χ2n) is 5.87. The van der Waals surface area contributed by atoms with E-state index >= 15 is 0 Å². The molecule has 1 amide bonds. The Bertz CT molecular complexity index is 692. The largest absolute Gasteiger partial charge is 0.480 e. The predicted octanol–water partition coefficient (Wildman–Crippen LogP) is 1.86. The lowest BCUT2D eigenvalue weighted by molar-refractivity contribution is -0.142. The van der Waals surface area contributed by atoms with Crippen LogP contribution >= 0.6 is 0 Å². The zero-order valence-corrected chi connectivity index (χ0v) is 12.1. The van der Waals surface area contributed by atoms with Crippen molar-refractivity contribution >= 4 is 22.9 Å². The molecule has 0 aliphatic heterocycles. The number of carbonyl (C=O) groups is 2. The van der Waals surface area contributed by atoms with E-state index in [9.17, 15) is 14.7 Å². The van der Waals surface area contributed by atoms with Crippen molar-refractivity contribution in [3.8, 4) is 0 Å². The molecule has 2 aromatic rings. The van der Waals surface area contributed by atoms with Gasteiger partial charge in [-0.2, -0.15) is 0 Å². The summed E-state index contributed by atoms with van der Waals surface area (Å²) in [5, 5.41) is 11.8. The number of carbonyl (C=O) groups excluding carboxylic acids is 1. The Hall–Kier alpha value is -2.50. The van der Waals surface area contributed by atoms with Crippen molar-refractivity contribution in [3.63, 3.8) is 0 Å². The van der Waals surface area contributed by atoms with Crippen LogP contribution in [0.2, 0.25) is 0 Å². The van der Waals surface area contributed by atoms with Crippen molar-refractivity contribution in [2.45, 2.75) is 26.8 Å². The molecule has 1 aromatic heterocycles. The van der Waals surface area contributed by atoms with Crippen LogP contribution in [-0.2, 0) is 4.79 Å². The Balaban J connectivity index is 2.27. The van der Waals surface area contributed by atoms with Crippen LogP contribution in [0.5, 0.6) is 0 Å². The molecule has 0 bridgehead atoms. The van der Waals surface area contributed by atoms with Gasteiger partial charge in [-0.05, 0) is 23.6 Å². The van der Waals surface area contributed by atoms with Crippen LogP contribution in [-0.4, -0.2) is 33.0 Å². The number of nitrogens with one attached hydrogen (secondary N) is 1. The van der Waals surface area contributed by atoms with Crippen molar-refractivity contribution in [3.05, 3.63) is 36.2 Å². The van der Waals surface area contributed by atoms with Gasteiger partial charge in [0.15, 0.2) is 0 Å². The molecule has 1 heterocycles. The number of aromatic nitrogens is 2. The molecule has 21 heavy (non-hydrogen) atoms. The van der Waals surface area contributed by atoms with E-state index in [1.807, 2.05) is 0 Å². The van der Waals surface area contributed by atoms with E-state index in [1.165, 1.54) is 0 Å². The van der Waals surface area contributed by atoms with Crippen molar-refractivity contribution in [1.82, 2.24) is 15.3 Å². The Morgan fingerprint density at radius 2 is 1.76 bits per heavy atom. The molecular formula is C15H17N3O3. The number of aliphatic carboxylic acids is 1. The van der Waals surface area contributed by atoms with Crippen molar-refractivity contribution in [1.29, 1.82) is 0 Å². The van der Waals surface area contributed by atoms with E-state index in [1.54, 1.807) is 51.4 Å². The Morgan fingerprint density at radius 1 is 1.14 bits per heavy atom. The van der Waals surface area contributed by atoms with Crippen molar-refractivity contribution in [2.75, 3.05) is 0 Å². The molecule has 6 nitrogen and oxygen atoms in total. The first-order chi connectivity index (χ1) is 9.79. The molecular weight excluding hydrogens is 270 g/mol. The maximum absolute atomic E-state index is 12.2. The normalized spacial score (nSPS) is 12.9. The molecule has 6 heteroatoms.